The van der Waals surface area contributed by atoms with Gasteiger partial charge in [-0.3, -0.25) is 0 Å². The lowest BCUT2D eigenvalue weighted by atomic mass is 9.96. The van der Waals surface area contributed by atoms with Gasteiger partial charge in [-0.15, -0.1) is 11.3 Å². The fourth-order valence-electron chi connectivity index (χ4n) is 8.12. The lowest BCUT2D eigenvalue weighted by Gasteiger charge is -2.12. The molecule has 5 nitrogen and oxygen atoms in total. The minimum Gasteiger partial charge on any atom is -0.456 e. The number of fused-ring (bicyclic) bond motifs is 2. The molecule has 0 amide bonds. The molecule has 6 heteroatoms. The van der Waals surface area contributed by atoms with Gasteiger partial charge in [0.25, 0.3) is 0 Å². The normalized spacial score (nSPS) is 12.0. The molecule has 12 aromatic rings. The maximum Gasteiger partial charge on any atom is 0.164 e. The van der Waals surface area contributed by atoms with E-state index in [4.69, 9.17) is 23.8 Å². The Bertz CT molecular complexity index is 3360. The van der Waals surface area contributed by atoms with Crippen LogP contribution in [-0.2, 0) is 0 Å². The van der Waals surface area contributed by atoms with E-state index in [2.05, 4.69) is 121 Å². The topological polar surface area (TPSA) is 65.0 Å². The molecule has 4 aromatic heterocycles. The molecular formula is C49H27N3O2S. The van der Waals surface area contributed by atoms with Crippen LogP contribution in [0.1, 0.15) is 0 Å². The third-order valence-corrected chi connectivity index (χ3v) is 11.7. The molecule has 256 valence electrons. The predicted molar refractivity (Wildman–Crippen MR) is 226 cm³/mol. The van der Waals surface area contributed by atoms with Crippen LogP contribution in [0.15, 0.2) is 173 Å². The first-order valence-corrected chi connectivity index (χ1v) is 19.1. The zero-order chi connectivity index (χ0) is 36.0. The summed E-state index contributed by atoms with van der Waals surface area (Å²) < 4.78 is 16.1. The largest absolute Gasteiger partial charge is 0.456 e. The van der Waals surface area contributed by atoms with Crippen molar-refractivity contribution < 1.29 is 8.83 Å². The number of benzene rings is 8. The summed E-state index contributed by atoms with van der Waals surface area (Å²) in [6, 6.07) is 56.7. The highest BCUT2D eigenvalue weighted by atomic mass is 32.1. The van der Waals surface area contributed by atoms with Gasteiger partial charge >= 0.3 is 0 Å². The summed E-state index contributed by atoms with van der Waals surface area (Å²) >= 11 is 1.80. The van der Waals surface area contributed by atoms with Crippen molar-refractivity contribution in [2.45, 2.75) is 0 Å². The summed E-state index contributed by atoms with van der Waals surface area (Å²) in [5.41, 5.74) is 10.1. The summed E-state index contributed by atoms with van der Waals surface area (Å²) in [6.07, 6.45) is 0. The fraction of sp³-hybridized carbons (Fsp3) is 0. The van der Waals surface area contributed by atoms with Gasteiger partial charge in [-0.2, -0.15) is 0 Å². The van der Waals surface area contributed by atoms with E-state index in [-0.39, 0.29) is 0 Å². The zero-order valence-electron chi connectivity index (χ0n) is 29.2. The van der Waals surface area contributed by atoms with Crippen LogP contribution >= 0.6 is 11.3 Å². The van der Waals surface area contributed by atoms with Crippen molar-refractivity contribution in [3.8, 4) is 56.4 Å². The average Bonchev–Trinajstić information content (AvgIpc) is 3.77. The molecule has 0 fully saturated rings. The van der Waals surface area contributed by atoms with Crippen molar-refractivity contribution in [3.63, 3.8) is 0 Å². The smallest absolute Gasteiger partial charge is 0.164 e. The van der Waals surface area contributed by atoms with Gasteiger partial charge in [0.15, 0.2) is 17.5 Å². The predicted octanol–water partition coefficient (Wildman–Crippen LogP) is 13.8. The Balaban J connectivity index is 1.14. The van der Waals surface area contributed by atoms with Gasteiger partial charge in [0.2, 0.25) is 0 Å². The van der Waals surface area contributed by atoms with Gasteiger partial charge < -0.3 is 8.83 Å². The monoisotopic (exact) mass is 721 g/mol. The Kier molecular flexibility index (Phi) is 6.44. The summed E-state index contributed by atoms with van der Waals surface area (Å²) in [7, 11) is 0. The Hall–Kier alpha value is -7.15. The Morgan fingerprint density at radius 1 is 0.345 bits per heavy atom. The molecule has 0 unspecified atom stereocenters. The standard InChI is InChI=1S/C49H27N3O2S/c1-4-12-28(13-5-1)32-22-33(29-14-6-2-7-15-29)24-34(23-32)48-50-47(30-16-8-3-9-17-30)51-49(52-48)35-25-38-42-39(26-35)54-46-36-19-11-10-18-31(36)27-41-45(46)44-40(55-41)21-20-37(53-38)43(42)44/h1-27H. The molecule has 0 spiro atoms. The van der Waals surface area contributed by atoms with Gasteiger partial charge in [-0.25, -0.2) is 15.0 Å². The number of rotatable bonds is 5. The van der Waals surface area contributed by atoms with E-state index in [0.29, 0.717) is 17.5 Å². The van der Waals surface area contributed by atoms with Crippen molar-refractivity contribution in [1.82, 2.24) is 15.0 Å². The van der Waals surface area contributed by atoms with Crippen molar-refractivity contribution in [3.05, 3.63) is 164 Å². The first-order valence-electron chi connectivity index (χ1n) is 18.3. The molecule has 0 saturated heterocycles. The molecular weight excluding hydrogens is 695 g/mol. The van der Waals surface area contributed by atoms with E-state index in [9.17, 15) is 0 Å². The zero-order valence-corrected chi connectivity index (χ0v) is 30.0. The number of aromatic nitrogens is 3. The first-order chi connectivity index (χ1) is 27.2. The van der Waals surface area contributed by atoms with E-state index < -0.39 is 0 Å². The van der Waals surface area contributed by atoms with E-state index in [1.165, 1.54) is 14.8 Å². The van der Waals surface area contributed by atoms with Crippen LogP contribution in [0.3, 0.4) is 0 Å². The summed E-state index contributed by atoms with van der Waals surface area (Å²) in [5.74, 6) is 1.70. The highest BCUT2D eigenvalue weighted by Gasteiger charge is 2.24. The quantitative estimate of drug-likeness (QED) is 0.177. The molecule has 12 rings (SSSR count). The van der Waals surface area contributed by atoms with Gasteiger partial charge in [0.1, 0.15) is 22.3 Å². The molecule has 0 saturated carbocycles. The number of hydrogen-bond donors (Lipinski definition) is 0. The van der Waals surface area contributed by atoms with Crippen LogP contribution in [0, 0.1) is 0 Å². The van der Waals surface area contributed by atoms with Crippen molar-refractivity contribution in [2.75, 3.05) is 0 Å². The molecule has 0 radical (unpaired) electrons. The van der Waals surface area contributed by atoms with Gasteiger partial charge in [0, 0.05) is 47.6 Å². The van der Waals surface area contributed by atoms with Crippen LogP contribution in [0.2, 0.25) is 0 Å². The molecule has 0 atom stereocenters. The van der Waals surface area contributed by atoms with Crippen LogP contribution in [0.5, 0.6) is 0 Å². The Morgan fingerprint density at radius 2 is 0.891 bits per heavy atom. The molecule has 0 aliphatic rings. The second kappa shape index (κ2) is 11.7. The average molecular weight is 722 g/mol. The minimum atomic E-state index is 0.532. The Morgan fingerprint density at radius 3 is 1.56 bits per heavy atom. The molecule has 0 N–H and O–H groups in total. The summed E-state index contributed by atoms with van der Waals surface area (Å²) in [6.45, 7) is 0. The maximum atomic E-state index is 7.08. The fourth-order valence-corrected chi connectivity index (χ4v) is 9.28. The maximum absolute atomic E-state index is 7.08. The van der Waals surface area contributed by atoms with E-state index in [1.54, 1.807) is 11.3 Å². The lowest BCUT2D eigenvalue weighted by Crippen LogP contribution is -2.00. The van der Waals surface area contributed by atoms with Crippen molar-refractivity contribution in [1.29, 1.82) is 0 Å². The van der Waals surface area contributed by atoms with E-state index in [0.717, 1.165) is 88.2 Å². The van der Waals surface area contributed by atoms with Crippen molar-refractivity contribution in [2.24, 2.45) is 0 Å². The summed E-state index contributed by atoms with van der Waals surface area (Å²) in [5, 5.41) is 6.59. The van der Waals surface area contributed by atoms with Crippen LogP contribution in [-0.4, -0.2) is 15.0 Å². The highest BCUT2D eigenvalue weighted by Crippen LogP contribution is 2.49. The van der Waals surface area contributed by atoms with E-state index in [1.807, 2.05) is 42.5 Å². The number of hydrogen-bond acceptors (Lipinski definition) is 6. The molecule has 55 heavy (non-hydrogen) atoms. The van der Waals surface area contributed by atoms with Crippen LogP contribution in [0.25, 0.3) is 120 Å². The van der Waals surface area contributed by atoms with Crippen LogP contribution in [0.4, 0.5) is 0 Å². The molecule has 0 bridgehead atoms. The molecule has 0 aliphatic carbocycles. The lowest BCUT2D eigenvalue weighted by molar-refractivity contribution is 0.659. The Labute approximate surface area is 318 Å². The molecule has 0 aliphatic heterocycles. The van der Waals surface area contributed by atoms with Gasteiger partial charge in [-0.05, 0) is 76.2 Å². The number of thiophene rings is 1. The minimum absolute atomic E-state index is 0.532. The second-order valence-electron chi connectivity index (χ2n) is 14.0. The summed E-state index contributed by atoms with van der Waals surface area (Å²) in [4.78, 5) is 15.5. The number of furan rings is 1. The third kappa shape index (κ3) is 4.75. The van der Waals surface area contributed by atoms with E-state index >= 15 is 0 Å². The second-order valence-corrected chi connectivity index (χ2v) is 15.1. The third-order valence-electron chi connectivity index (χ3n) is 10.6. The van der Waals surface area contributed by atoms with Crippen LogP contribution < -0.4 is 0 Å². The number of nitrogens with zero attached hydrogens (tertiary/aromatic N) is 3. The molecule has 8 aromatic carbocycles. The van der Waals surface area contributed by atoms with Gasteiger partial charge in [-0.1, -0.05) is 115 Å². The molecule has 4 heterocycles. The van der Waals surface area contributed by atoms with Gasteiger partial charge in [0.05, 0.1) is 5.39 Å². The van der Waals surface area contributed by atoms with Crippen molar-refractivity contribution >= 4 is 75.4 Å². The SMILES string of the molecule is c1ccc(-c2cc(-c3ccccc3)cc(-c3nc(-c4ccccc4)nc(-c4cc5oc6ccc7sc8cc9ccccc9c9oc(c4)c5c6c7c89)n3)c2)cc1. The highest BCUT2D eigenvalue weighted by molar-refractivity contribution is 7.26. The first kappa shape index (κ1) is 30.3.